The van der Waals surface area contributed by atoms with Crippen LogP contribution in [0.25, 0.3) is 5.69 Å². The minimum Gasteiger partial charge on any atom is -0.476 e. The van der Waals surface area contributed by atoms with Gasteiger partial charge in [-0.25, -0.2) is 9.48 Å². The number of aromatic nitrogens is 3. The molecule has 5 nitrogen and oxygen atoms in total. The van der Waals surface area contributed by atoms with Gasteiger partial charge in [0.05, 0.1) is 11.4 Å². The quantitative estimate of drug-likeness (QED) is 0.926. The van der Waals surface area contributed by atoms with Gasteiger partial charge in [0.1, 0.15) is 0 Å². The summed E-state index contributed by atoms with van der Waals surface area (Å²) in [4.78, 5) is 11.0. The van der Waals surface area contributed by atoms with Crippen LogP contribution in [0.15, 0.2) is 18.2 Å². The minimum absolute atomic E-state index is 0.00755. The number of carboxylic acid groups (broad SMARTS) is 1. The molecule has 0 aliphatic rings. The molecule has 0 aliphatic heterocycles. The molecule has 18 heavy (non-hydrogen) atoms. The van der Waals surface area contributed by atoms with Gasteiger partial charge in [-0.2, -0.15) is 0 Å². The third-order valence-corrected chi connectivity index (χ3v) is 2.92. The van der Waals surface area contributed by atoms with Crippen LogP contribution in [0.2, 0.25) is 5.02 Å². The predicted octanol–water partition coefficient (Wildman–Crippen LogP) is 2.49. The van der Waals surface area contributed by atoms with Crippen LogP contribution >= 0.6 is 11.6 Å². The van der Waals surface area contributed by atoms with Crippen LogP contribution in [0, 0.1) is 6.92 Å². The average molecular weight is 266 g/mol. The Hall–Kier alpha value is -1.88. The van der Waals surface area contributed by atoms with Crippen molar-refractivity contribution in [2.45, 2.75) is 20.3 Å². The summed E-state index contributed by atoms with van der Waals surface area (Å²) >= 11 is 5.89. The van der Waals surface area contributed by atoms with Gasteiger partial charge in [0, 0.05) is 5.02 Å². The zero-order chi connectivity index (χ0) is 13.3. The maximum atomic E-state index is 11.0. The molecule has 94 valence electrons. The summed E-state index contributed by atoms with van der Waals surface area (Å²) in [5, 5.41) is 17.3. The fraction of sp³-hybridized carbons (Fsp3) is 0.250. The number of hydrogen-bond donors (Lipinski definition) is 1. The number of carbonyl (C=O) groups is 1. The van der Waals surface area contributed by atoms with Crippen molar-refractivity contribution in [3.8, 4) is 5.69 Å². The number of aromatic carboxylic acids is 1. The third-order valence-electron chi connectivity index (χ3n) is 2.69. The summed E-state index contributed by atoms with van der Waals surface area (Å²) in [6, 6.07) is 5.35. The molecule has 0 atom stereocenters. The SMILES string of the molecule is CCc1c(C(=O)O)nnn1-c1ccc(Cl)cc1C. The lowest BCUT2D eigenvalue weighted by Crippen LogP contribution is -2.06. The van der Waals surface area contributed by atoms with E-state index < -0.39 is 5.97 Å². The molecule has 0 aliphatic carbocycles. The molecule has 1 heterocycles. The molecule has 1 aromatic heterocycles. The zero-order valence-corrected chi connectivity index (χ0v) is 10.8. The maximum absolute atomic E-state index is 11.0. The molecule has 2 aromatic rings. The lowest BCUT2D eigenvalue weighted by atomic mass is 10.2. The van der Waals surface area contributed by atoms with Gasteiger partial charge in [-0.1, -0.05) is 23.7 Å². The van der Waals surface area contributed by atoms with Crippen molar-refractivity contribution >= 4 is 17.6 Å². The monoisotopic (exact) mass is 265 g/mol. The highest BCUT2D eigenvalue weighted by Gasteiger charge is 2.19. The van der Waals surface area contributed by atoms with E-state index in [0.29, 0.717) is 17.1 Å². The van der Waals surface area contributed by atoms with Crippen molar-refractivity contribution in [2.75, 3.05) is 0 Å². The number of benzene rings is 1. The van der Waals surface area contributed by atoms with Gasteiger partial charge in [-0.15, -0.1) is 5.10 Å². The van der Waals surface area contributed by atoms with Gasteiger partial charge >= 0.3 is 5.97 Å². The standard InChI is InChI=1S/C12H12ClN3O2/c1-3-9-11(12(17)18)14-15-16(9)10-5-4-8(13)6-7(10)2/h4-6H,3H2,1-2H3,(H,17,18). The second kappa shape index (κ2) is 4.78. The lowest BCUT2D eigenvalue weighted by Gasteiger charge is -2.08. The Bertz CT molecular complexity index is 607. The largest absolute Gasteiger partial charge is 0.476 e. The van der Waals surface area contributed by atoms with Crippen molar-refractivity contribution in [2.24, 2.45) is 0 Å². The summed E-state index contributed by atoms with van der Waals surface area (Å²) in [5.41, 5.74) is 2.27. The van der Waals surface area contributed by atoms with E-state index in [-0.39, 0.29) is 5.69 Å². The molecule has 6 heteroatoms. The summed E-state index contributed by atoms with van der Waals surface area (Å²) in [6.07, 6.45) is 0.538. The third kappa shape index (κ3) is 2.09. The molecule has 0 unspecified atom stereocenters. The first-order valence-corrected chi connectivity index (χ1v) is 5.86. The predicted molar refractivity (Wildman–Crippen MR) is 67.4 cm³/mol. The number of aryl methyl sites for hydroxylation is 1. The van der Waals surface area contributed by atoms with Crippen LogP contribution in [0.4, 0.5) is 0 Å². The summed E-state index contributed by atoms with van der Waals surface area (Å²) in [7, 11) is 0. The molecule has 0 saturated heterocycles. The van der Waals surface area contributed by atoms with Gasteiger partial charge in [0.15, 0.2) is 5.69 Å². The molecule has 1 aromatic carbocycles. The van der Waals surface area contributed by atoms with E-state index in [4.69, 9.17) is 16.7 Å². The molecule has 0 amide bonds. The fourth-order valence-electron chi connectivity index (χ4n) is 1.83. The number of rotatable bonds is 3. The summed E-state index contributed by atoms with van der Waals surface area (Å²) < 4.78 is 1.55. The fourth-order valence-corrected chi connectivity index (χ4v) is 2.06. The smallest absolute Gasteiger partial charge is 0.358 e. The van der Waals surface area contributed by atoms with Gasteiger partial charge in [-0.05, 0) is 37.1 Å². The van der Waals surface area contributed by atoms with Crippen molar-refractivity contribution in [3.63, 3.8) is 0 Å². The first-order chi connectivity index (χ1) is 8.54. The first-order valence-electron chi connectivity index (χ1n) is 5.49. The molecular formula is C12H12ClN3O2. The highest BCUT2D eigenvalue weighted by Crippen LogP contribution is 2.21. The topological polar surface area (TPSA) is 68.0 Å². The minimum atomic E-state index is -1.07. The zero-order valence-electron chi connectivity index (χ0n) is 10.0. The number of hydrogen-bond acceptors (Lipinski definition) is 3. The van der Waals surface area contributed by atoms with Crippen molar-refractivity contribution in [1.82, 2.24) is 15.0 Å². The molecule has 0 bridgehead atoms. The van der Waals surface area contributed by atoms with Crippen molar-refractivity contribution in [1.29, 1.82) is 0 Å². The first kappa shape index (κ1) is 12.6. The lowest BCUT2D eigenvalue weighted by molar-refractivity contribution is 0.0689. The van der Waals surface area contributed by atoms with Gasteiger partial charge in [0.25, 0.3) is 0 Å². The van der Waals surface area contributed by atoms with Gasteiger partial charge in [-0.3, -0.25) is 0 Å². The summed E-state index contributed by atoms with van der Waals surface area (Å²) in [6.45, 7) is 3.76. The van der Waals surface area contributed by atoms with Crippen LogP contribution in [0.1, 0.15) is 28.7 Å². The van der Waals surface area contributed by atoms with E-state index >= 15 is 0 Å². The Labute approximate surface area is 109 Å². The normalized spacial score (nSPS) is 10.6. The van der Waals surface area contributed by atoms with E-state index in [1.165, 1.54) is 0 Å². The van der Waals surface area contributed by atoms with Crippen LogP contribution in [-0.2, 0) is 6.42 Å². The highest BCUT2D eigenvalue weighted by atomic mass is 35.5. The van der Waals surface area contributed by atoms with Gasteiger partial charge in [0.2, 0.25) is 0 Å². The second-order valence-electron chi connectivity index (χ2n) is 3.89. The molecule has 0 saturated carbocycles. The summed E-state index contributed by atoms with van der Waals surface area (Å²) in [5.74, 6) is -1.07. The molecular weight excluding hydrogens is 254 g/mol. The Morgan fingerprint density at radius 3 is 2.78 bits per heavy atom. The number of nitrogens with zero attached hydrogens (tertiary/aromatic N) is 3. The van der Waals surface area contributed by atoms with Crippen LogP contribution in [0.5, 0.6) is 0 Å². The van der Waals surface area contributed by atoms with E-state index in [1.807, 2.05) is 13.8 Å². The van der Waals surface area contributed by atoms with Crippen LogP contribution in [0.3, 0.4) is 0 Å². The second-order valence-corrected chi connectivity index (χ2v) is 4.32. The molecule has 0 spiro atoms. The number of halogens is 1. The van der Waals surface area contributed by atoms with Crippen molar-refractivity contribution < 1.29 is 9.90 Å². The van der Waals surface area contributed by atoms with E-state index in [0.717, 1.165) is 11.3 Å². The molecule has 1 N–H and O–H groups in total. The number of carboxylic acids is 1. The molecule has 0 radical (unpaired) electrons. The van der Waals surface area contributed by atoms with E-state index in [9.17, 15) is 4.79 Å². The Morgan fingerprint density at radius 1 is 1.50 bits per heavy atom. The van der Waals surface area contributed by atoms with Gasteiger partial charge < -0.3 is 5.11 Å². The van der Waals surface area contributed by atoms with Crippen LogP contribution < -0.4 is 0 Å². The van der Waals surface area contributed by atoms with E-state index in [1.54, 1.807) is 22.9 Å². The average Bonchev–Trinajstić information content (AvgIpc) is 2.72. The molecule has 2 rings (SSSR count). The highest BCUT2D eigenvalue weighted by molar-refractivity contribution is 6.30. The van der Waals surface area contributed by atoms with E-state index in [2.05, 4.69) is 10.3 Å². The van der Waals surface area contributed by atoms with Crippen molar-refractivity contribution in [3.05, 3.63) is 40.2 Å². The Balaban J connectivity index is 2.60. The molecule has 0 fully saturated rings. The Morgan fingerprint density at radius 2 is 2.22 bits per heavy atom. The van der Waals surface area contributed by atoms with Crippen LogP contribution in [-0.4, -0.2) is 26.1 Å². The maximum Gasteiger partial charge on any atom is 0.358 e. The Kier molecular flexibility index (Phi) is 3.34.